The van der Waals surface area contributed by atoms with Gasteiger partial charge in [0.15, 0.2) is 0 Å². The van der Waals surface area contributed by atoms with Crippen molar-refractivity contribution in [2.24, 2.45) is 0 Å². The molecule has 1 fully saturated rings. The fourth-order valence-electron chi connectivity index (χ4n) is 2.40. The van der Waals surface area contributed by atoms with Crippen LogP contribution in [0, 0.1) is 0 Å². The van der Waals surface area contributed by atoms with E-state index in [4.69, 9.17) is 14.0 Å². The van der Waals surface area contributed by atoms with Crippen molar-refractivity contribution in [1.82, 2.24) is 20.6 Å². The Morgan fingerprint density at radius 3 is 2.43 bits per heavy atom. The van der Waals surface area contributed by atoms with E-state index in [9.17, 15) is 0 Å². The predicted molar refractivity (Wildman–Crippen MR) is 86.5 cm³/mol. The quantitative estimate of drug-likeness (QED) is 0.862. The second-order valence-electron chi connectivity index (χ2n) is 6.51. The molecule has 0 unspecified atom stereocenters. The normalized spacial score (nSPS) is 19.1. The van der Waals surface area contributed by atoms with E-state index >= 15 is 0 Å². The molecule has 2 aromatic rings. The lowest BCUT2D eigenvalue weighted by Crippen LogP contribution is -2.41. The van der Waals surface area contributed by atoms with Crippen molar-refractivity contribution in [3.8, 4) is 17.1 Å². The Labute approximate surface area is 135 Å². The molecule has 0 amide bonds. The van der Waals surface area contributed by atoms with Gasteiger partial charge in [0, 0.05) is 0 Å². The van der Waals surface area contributed by atoms with E-state index in [1.54, 1.807) is 0 Å². The number of hydrogen-bond donors (Lipinski definition) is 1. The third kappa shape index (κ3) is 2.84. The van der Waals surface area contributed by atoms with Gasteiger partial charge in [0.1, 0.15) is 5.75 Å². The molecule has 23 heavy (non-hydrogen) atoms. The lowest BCUT2D eigenvalue weighted by Gasteiger charge is -2.32. The van der Waals surface area contributed by atoms with Crippen molar-refractivity contribution in [3.05, 3.63) is 18.2 Å². The molecule has 0 radical (unpaired) electrons. The molecular weight excluding hydrogens is 295 g/mol. The standard InChI is InChI=1S/C15H21BN4O3/c1-6-21-12-9-10(7-8-11(12)13-17-19-20-18-13)16-22-14(2,3)15(4,5)23-16/h7-9H,6H2,1-5H3,(H,17,18,19,20). The molecule has 3 rings (SSSR count). The number of aromatic amines is 1. The van der Waals surface area contributed by atoms with E-state index in [1.807, 2.05) is 52.8 Å². The molecule has 0 bridgehead atoms. The van der Waals surface area contributed by atoms with Crippen molar-refractivity contribution >= 4 is 12.6 Å². The average Bonchev–Trinajstić information content (AvgIpc) is 3.06. The summed E-state index contributed by atoms with van der Waals surface area (Å²) in [6.45, 7) is 10.6. The van der Waals surface area contributed by atoms with Gasteiger partial charge in [-0.3, -0.25) is 0 Å². The first kappa shape index (κ1) is 16.0. The number of H-pyrrole nitrogens is 1. The minimum Gasteiger partial charge on any atom is -0.493 e. The molecule has 122 valence electrons. The van der Waals surface area contributed by atoms with Gasteiger partial charge in [-0.25, -0.2) is 0 Å². The molecule has 1 aliphatic rings. The summed E-state index contributed by atoms with van der Waals surface area (Å²) in [6.07, 6.45) is 0. The number of benzene rings is 1. The van der Waals surface area contributed by atoms with E-state index in [0.29, 0.717) is 18.2 Å². The molecule has 0 saturated carbocycles. The highest BCUT2D eigenvalue weighted by Crippen LogP contribution is 2.37. The summed E-state index contributed by atoms with van der Waals surface area (Å²) in [4.78, 5) is 0. The van der Waals surface area contributed by atoms with Gasteiger partial charge in [-0.15, -0.1) is 10.2 Å². The number of tetrazole rings is 1. The lowest BCUT2D eigenvalue weighted by molar-refractivity contribution is 0.00578. The monoisotopic (exact) mass is 316 g/mol. The van der Waals surface area contributed by atoms with Crippen molar-refractivity contribution in [3.63, 3.8) is 0 Å². The van der Waals surface area contributed by atoms with Crippen LogP contribution in [0.25, 0.3) is 11.4 Å². The summed E-state index contributed by atoms with van der Waals surface area (Å²) in [5.74, 6) is 1.18. The zero-order valence-corrected chi connectivity index (χ0v) is 14.1. The third-order valence-electron chi connectivity index (χ3n) is 4.42. The van der Waals surface area contributed by atoms with Crippen LogP contribution < -0.4 is 10.2 Å². The highest BCUT2D eigenvalue weighted by Gasteiger charge is 2.51. The fraction of sp³-hybridized carbons (Fsp3) is 0.533. The van der Waals surface area contributed by atoms with E-state index in [2.05, 4.69) is 20.6 Å². The van der Waals surface area contributed by atoms with Crippen LogP contribution >= 0.6 is 0 Å². The molecule has 0 spiro atoms. The van der Waals surface area contributed by atoms with Gasteiger partial charge >= 0.3 is 7.12 Å². The van der Waals surface area contributed by atoms with Crippen LogP contribution in [0.4, 0.5) is 0 Å². The van der Waals surface area contributed by atoms with Crippen LogP contribution in [-0.4, -0.2) is 45.6 Å². The third-order valence-corrected chi connectivity index (χ3v) is 4.42. The number of aromatic nitrogens is 4. The molecule has 1 saturated heterocycles. The van der Waals surface area contributed by atoms with Crippen molar-refractivity contribution < 1.29 is 14.0 Å². The predicted octanol–water partition coefficient (Wildman–Crippen LogP) is 1.56. The van der Waals surface area contributed by atoms with E-state index < -0.39 is 7.12 Å². The zero-order chi connectivity index (χ0) is 16.7. The molecule has 8 heteroatoms. The molecule has 0 aliphatic carbocycles. The summed E-state index contributed by atoms with van der Waals surface area (Å²) in [5.41, 5.74) is 0.922. The first-order valence-electron chi connectivity index (χ1n) is 7.70. The number of hydrogen-bond acceptors (Lipinski definition) is 6. The Hall–Kier alpha value is -1.93. The summed E-state index contributed by atoms with van der Waals surface area (Å²) in [7, 11) is -0.432. The first-order valence-corrected chi connectivity index (χ1v) is 7.70. The van der Waals surface area contributed by atoms with Gasteiger partial charge in [-0.2, -0.15) is 5.21 Å². The lowest BCUT2D eigenvalue weighted by atomic mass is 9.78. The van der Waals surface area contributed by atoms with Gasteiger partial charge in [-0.05, 0) is 57.4 Å². The van der Waals surface area contributed by atoms with E-state index in [-0.39, 0.29) is 11.2 Å². The van der Waals surface area contributed by atoms with Crippen molar-refractivity contribution in [1.29, 1.82) is 0 Å². The molecule has 1 aromatic carbocycles. The van der Waals surface area contributed by atoms with E-state index in [1.165, 1.54) is 0 Å². The molecule has 1 aromatic heterocycles. The number of rotatable bonds is 4. The zero-order valence-electron chi connectivity index (χ0n) is 14.1. The fourth-order valence-corrected chi connectivity index (χ4v) is 2.40. The van der Waals surface area contributed by atoms with Crippen molar-refractivity contribution in [2.45, 2.75) is 45.8 Å². The number of nitrogens with zero attached hydrogens (tertiary/aromatic N) is 3. The van der Waals surface area contributed by atoms with Crippen LogP contribution in [0.15, 0.2) is 18.2 Å². The van der Waals surface area contributed by atoms with E-state index in [0.717, 1.165) is 11.0 Å². The summed E-state index contributed by atoms with van der Waals surface area (Å²) in [5, 5.41) is 14.1. The van der Waals surface area contributed by atoms with Gasteiger partial charge in [-0.1, -0.05) is 6.07 Å². The largest absolute Gasteiger partial charge is 0.494 e. The van der Waals surface area contributed by atoms with Crippen LogP contribution in [0.2, 0.25) is 0 Å². The SMILES string of the molecule is CCOc1cc(B2OC(C)(C)C(C)(C)O2)ccc1-c1nn[nH]n1. The minimum atomic E-state index is -0.432. The first-order chi connectivity index (χ1) is 10.8. The Bertz CT molecular complexity index is 672. The Balaban J connectivity index is 1.95. The summed E-state index contributed by atoms with van der Waals surface area (Å²) < 4.78 is 17.9. The number of ether oxygens (including phenoxy) is 1. The number of nitrogens with one attached hydrogen (secondary N) is 1. The van der Waals surface area contributed by atoms with Crippen LogP contribution in [0.3, 0.4) is 0 Å². The van der Waals surface area contributed by atoms with Crippen LogP contribution in [-0.2, 0) is 9.31 Å². The minimum absolute atomic E-state index is 0.379. The topological polar surface area (TPSA) is 82.1 Å². The smallest absolute Gasteiger partial charge is 0.493 e. The highest BCUT2D eigenvalue weighted by molar-refractivity contribution is 6.62. The second kappa shape index (κ2) is 5.61. The molecule has 0 atom stereocenters. The Kier molecular flexibility index (Phi) is 3.89. The average molecular weight is 316 g/mol. The highest BCUT2D eigenvalue weighted by atomic mass is 16.7. The van der Waals surface area contributed by atoms with Gasteiger partial charge in [0.2, 0.25) is 5.82 Å². The Morgan fingerprint density at radius 2 is 1.87 bits per heavy atom. The molecule has 1 aliphatic heterocycles. The maximum atomic E-state index is 6.09. The van der Waals surface area contributed by atoms with Gasteiger partial charge in [0.25, 0.3) is 0 Å². The molecule has 2 heterocycles. The maximum Gasteiger partial charge on any atom is 0.494 e. The second-order valence-corrected chi connectivity index (χ2v) is 6.51. The van der Waals surface area contributed by atoms with Gasteiger partial charge in [0.05, 0.1) is 23.4 Å². The molecule has 1 N–H and O–H groups in total. The molecular formula is C15H21BN4O3. The summed E-state index contributed by atoms with van der Waals surface area (Å²) >= 11 is 0. The Morgan fingerprint density at radius 1 is 1.17 bits per heavy atom. The van der Waals surface area contributed by atoms with Crippen LogP contribution in [0.5, 0.6) is 5.75 Å². The van der Waals surface area contributed by atoms with Crippen molar-refractivity contribution in [2.75, 3.05) is 6.61 Å². The molecule has 7 nitrogen and oxygen atoms in total. The van der Waals surface area contributed by atoms with Crippen LogP contribution in [0.1, 0.15) is 34.6 Å². The summed E-state index contributed by atoms with van der Waals surface area (Å²) in [6, 6.07) is 5.75. The maximum absolute atomic E-state index is 6.09. The van der Waals surface area contributed by atoms with Gasteiger partial charge < -0.3 is 14.0 Å².